The van der Waals surface area contributed by atoms with Gasteiger partial charge in [0, 0.05) is 12.7 Å². The average Bonchev–Trinajstić information content (AvgIpc) is 3.40. The SMILES string of the molecule is O=CN(O)C[C@@H](CC1CCCC1)C(=O)N1NCC[C@H]1C(=O)Nc1cccnc1F. The van der Waals surface area contributed by atoms with Gasteiger partial charge in [0.05, 0.1) is 18.2 Å². The summed E-state index contributed by atoms with van der Waals surface area (Å²) in [6, 6.07) is 2.07. The molecule has 0 radical (unpaired) electrons. The number of amides is 3. The van der Waals surface area contributed by atoms with E-state index in [1.807, 2.05) is 0 Å². The van der Waals surface area contributed by atoms with Gasteiger partial charge in [0.1, 0.15) is 6.04 Å². The van der Waals surface area contributed by atoms with E-state index in [4.69, 9.17) is 0 Å². The molecule has 1 saturated heterocycles. The Morgan fingerprint density at radius 2 is 2.17 bits per heavy atom. The molecule has 0 unspecified atom stereocenters. The first-order valence-electron chi connectivity index (χ1n) is 9.88. The highest BCUT2D eigenvalue weighted by Gasteiger charge is 2.39. The number of carbonyl (C=O) groups excluding carboxylic acids is 3. The van der Waals surface area contributed by atoms with E-state index in [-0.39, 0.29) is 24.5 Å². The summed E-state index contributed by atoms with van der Waals surface area (Å²) in [7, 11) is 0. The fraction of sp³-hybridized carbons (Fsp3) is 0.579. The zero-order valence-corrected chi connectivity index (χ0v) is 16.1. The summed E-state index contributed by atoms with van der Waals surface area (Å²) in [6.07, 6.45) is 6.67. The molecule has 3 rings (SSSR count). The lowest BCUT2D eigenvalue weighted by molar-refractivity contribution is -0.159. The van der Waals surface area contributed by atoms with E-state index in [0.717, 1.165) is 25.7 Å². The van der Waals surface area contributed by atoms with E-state index < -0.39 is 23.8 Å². The largest absolute Gasteiger partial charge is 0.320 e. The molecule has 9 nitrogen and oxygen atoms in total. The average molecular weight is 407 g/mol. The second-order valence-corrected chi connectivity index (χ2v) is 7.56. The molecule has 0 spiro atoms. The van der Waals surface area contributed by atoms with E-state index in [1.165, 1.54) is 23.3 Å². The molecular weight excluding hydrogens is 381 g/mol. The number of rotatable bonds is 8. The van der Waals surface area contributed by atoms with Crippen molar-refractivity contribution in [1.82, 2.24) is 20.5 Å². The normalized spacial score (nSPS) is 20.5. The van der Waals surface area contributed by atoms with Crippen LogP contribution >= 0.6 is 0 Å². The lowest BCUT2D eigenvalue weighted by Gasteiger charge is -2.29. The van der Waals surface area contributed by atoms with Crippen molar-refractivity contribution < 1.29 is 24.0 Å². The first-order chi connectivity index (χ1) is 14.0. The predicted octanol–water partition coefficient (Wildman–Crippen LogP) is 1.31. The Morgan fingerprint density at radius 3 is 2.86 bits per heavy atom. The highest BCUT2D eigenvalue weighted by atomic mass is 19.1. The molecule has 2 aliphatic rings. The Balaban J connectivity index is 1.70. The van der Waals surface area contributed by atoms with Gasteiger partial charge in [-0.05, 0) is 30.9 Å². The van der Waals surface area contributed by atoms with Crippen LogP contribution in [0.5, 0.6) is 0 Å². The molecule has 29 heavy (non-hydrogen) atoms. The van der Waals surface area contributed by atoms with Crippen molar-refractivity contribution in [3.8, 4) is 0 Å². The van der Waals surface area contributed by atoms with Gasteiger partial charge in [-0.3, -0.25) is 24.6 Å². The number of hydroxylamine groups is 2. The summed E-state index contributed by atoms with van der Waals surface area (Å²) in [6.45, 7) is 0.272. The van der Waals surface area contributed by atoms with Crippen LogP contribution in [-0.2, 0) is 14.4 Å². The van der Waals surface area contributed by atoms with Crippen molar-refractivity contribution in [3.63, 3.8) is 0 Å². The number of nitrogens with zero attached hydrogens (tertiary/aromatic N) is 3. The van der Waals surface area contributed by atoms with Crippen LogP contribution in [0.25, 0.3) is 0 Å². The van der Waals surface area contributed by atoms with Crippen LogP contribution in [0.2, 0.25) is 0 Å². The van der Waals surface area contributed by atoms with Crippen LogP contribution < -0.4 is 10.7 Å². The maximum absolute atomic E-state index is 13.7. The number of aromatic nitrogens is 1. The Hall–Kier alpha value is -2.59. The van der Waals surface area contributed by atoms with Gasteiger partial charge in [0.15, 0.2) is 0 Å². The molecule has 3 N–H and O–H groups in total. The number of anilines is 1. The molecule has 1 aromatic heterocycles. The second kappa shape index (κ2) is 9.75. The lowest BCUT2D eigenvalue weighted by Crippen LogP contribution is -2.51. The number of hydrogen-bond acceptors (Lipinski definition) is 6. The van der Waals surface area contributed by atoms with E-state index in [9.17, 15) is 24.0 Å². The quantitative estimate of drug-likeness (QED) is 0.259. The molecule has 0 aromatic carbocycles. The van der Waals surface area contributed by atoms with Crippen LogP contribution in [-0.4, -0.2) is 57.6 Å². The van der Waals surface area contributed by atoms with Crippen LogP contribution in [0.1, 0.15) is 38.5 Å². The minimum atomic E-state index is -0.823. The van der Waals surface area contributed by atoms with Crippen LogP contribution in [0.4, 0.5) is 10.1 Å². The molecule has 158 valence electrons. The van der Waals surface area contributed by atoms with Crippen LogP contribution in [0.15, 0.2) is 18.3 Å². The van der Waals surface area contributed by atoms with Gasteiger partial charge < -0.3 is 5.32 Å². The second-order valence-electron chi connectivity index (χ2n) is 7.56. The summed E-state index contributed by atoms with van der Waals surface area (Å²) in [5.74, 6) is -1.97. The Morgan fingerprint density at radius 1 is 1.41 bits per heavy atom. The van der Waals surface area contributed by atoms with Gasteiger partial charge in [0.25, 0.3) is 0 Å². The van der Waals surface area contributed by atoms with Crippen LogP contribution in [0, 0.1) is 17.8 Å². The number of hydrazine groups is 1. The van der Waals surface area contributed by atoms with Crippen LogP contribution in [0.3, 0.4) is 0 Å². The third-order valence-electron chi connectivity index (χ3n) is 5.54. The van der Waals surface area contributed by atoms with Gasteiger partial charge in [0.2, 0.25) is 24.2 Å². The van der Waals surface area contributed by atoms with Gasteiger partial charge in [-0.25, -0.2) is 15.5 Å². The summed E-state index contributed by atoms with van der Waals surface area (Å²) in [5, 5.41) is 13.8. The number of hydrogen-bond donors (Lipinski definition) is 3. The van der Waals surface area contributed by atoms with Crippen molar-refractivity contribution in [2.75, 3.05) is 18.4 Å². The first-order valence-corrected chi connectivity index (χ1v) is 9.88. The van der Waals surface area contributed by atoms with E-state index >= 15 is 0 Å². The Kier molecular flexibility index (Phi) is 7.10. The molecule has 10 heteroatoms. The number of halogens is 1. The summed E-state index contributed by atoms with van der Waals surface area (Å²) < 4.78 is 13.7. The third kappa shape index (κ3) is 5.27. The molecule has 2 atom stereocenters. The monoisotopic (exact) mass is 407 g/mol. The molecule has 1 aliphatic carbocycles. The number of nitrogens with one attached hydrogen (secondary N) is 2. The Bertz CT molecular complexity index is 743. The van der Waals surface area contributed by atoms with Gasteiger partial charge in [-0.2, -0.15) is 4.39 Å². The summed E-state index contributed by atoms with van der Waals surface area (Å²) >= 11 is 0. The minimum Gasteiger partial charge on any atom is -0.320 e. The number of carbonyl (C=O) groups is 3. The fourth-order valence-corrected chi connectivity index (χ4v) is 4.10. The zero-order valence-electron chi connectivity index (χ0n) is 16.1. The maximum Gasteiger partial charge on any atom is 0.248 e. The first kappa shape index (κ1) is 21.1. The predicted molar refractivity (Wildman–Crippen MR) is 101 cm³/mol. The Labute approximate surface area is 168 Å². The molecule has 1 aromatic rings. The topological polar surface area (TPSA) is 115 Å². The molecule has 1 aliphatic heterocycles. The standard InChI is InChI=1S/C19H26FN5O4/c20-17-15(6-3-8-21-17)23-18(27)16-7-9-22-25(16)19(28)14(11-24(29)12-26)10-13-4-1-2-5-13/h3,6,8,12-14,16,22,29H,1-2,4-5,7,9-11H2,(H,23,27)/t14-,16+/m1/s1. The lowest BCUT2D eigenvalue weighted by atomic mass is 9.92. The molecule has 1 saturated carbocycles. The summed E-state index contributed by atoms with van der Waals surface area (Å²) in [5.41, 5.74) is 2.86. The number of pyridine rings is 1. The summed E-state index contributed by atoms with van der Waals surface area (Å²) in [4.78, 5) is 40.2. The highest BCUT2D eigenvalue weighted by Crippen LogP contribution is 2.31. The molecule has 0 bridgehead atoms. The highest BCUT2D eigenvalue weighted by molar-refractivity contribution is 5.97. The van der Waals surface area contributed by atoms with Gasteiger partial charge >= 0.3 is 0 Å². The van der Waals surface area contributed by atoms with Gasteiger partial charge in [-0.15, -0.1) is 0 Å². The smallest absolute Gasteiger partial charge is 0.248 e. The molecular formula is C19H26FN5O4. The molecule has 2 heterocycles. The minimum absolute atomic E-state index is 0.0539. The van der Waals surface area contributed by atoms with Crippen molar-refractivity contribution in [3.05, 3.63) is 24.3 Å². The van der Waals surface area contributed by atoms with Crippen molar-refractivity contribution >= 4 is 23.9 Å². The third-order valence-corrected chi connectivity index (χ3v) is 5.54. The molecule has 2 fully saturated rings. The van der Waals surface area contributed by atoms with E-state index in [2.05, 4.69) is 15.7 Å². The van der Waals surface area contributed by atoms with Crippen molar-refractivity contribution in [2.45, 2.75) is 44.6 Å². The van der Waals surface area contributed by atoms with Crippen molar-refractivity contribution in [2.24, 2.45) is 11.8 Å². The van der Waals surface area contributed by atoms with E-state index in [1.54, 1.807) is 0 Å². The molecule has 3 amide bonds. The van der Waals surface area contributed by atoms with Crippen molar-refractivity contribution in [1.29, 1.82) is 0 Å². The zero-order chi connectivity index (χ0) is 20.8. The van der Waals surface area contributed by atoms with Gasteiger partial charge in [-0.1, -0.05) is 25.7 Å². The van der Waals surface area contributed by atoms with E-state index in [0.29, 0.717) is 30.4 Å². The maximum atomic E-state index is 13.7. The fourth-order valence-electron chi connectivity index (χ4n) is 4.10.